The molecule has 0 aliphatic heterocycles. The SMILES string of the molecule is Cc1nn(-c2ccc(C(C)C)cc2)c(C)c1C=O. The van der Waals surface area contributed by atoms with E-state index in [0.29, 0.717) is 11.5 Å². The molecule has 3 heteroatoms. The molecule has 0 saturated heterocycles. The fourth-order valence-electron chi connectivity index (χ4n) is 2.08. The number of aromatic nitrogens is 2. The Morgan fingerprint density at radius 3 is 2.22 bits per heavy atom. The van der Waals surface area contributed by atoms with Crippen LogP contribution < -0.4 is 0 Å². The maximum absolute atomic E-state index is 11.0. The van der Waals surface area contributed by atoms with Crippen LogP contribution in [0.2, 0.25) is 0 Å². The number of benzene rings is 1. The third-order valence-electron chi connectivity index (χ3n) is 3.27. The van der Waals surface area contributed by atoms with Crippen LogP contribution in [-0.4, -0.2) is 16.1 Å². The zero-order chi connectivity index (χ0) is 13.3. The van der Waals surface area contributed by atoms with Gasteiger partial charge in [0.15, 0.2) is 6.29 Å². The summed E-state index contributed by atoms with van der Waals surface area (Å²) in [5.41, 5.74) is 4.64. The molecule has 18 heavy (non-hydrogen) atoms. The van der Waals surface area contributed by atoms with Crippen LogP contribution in [0.1, 0.15) is 47.1 Å². The number of aryl methyl sites for hydroxylation is 1. The molecular formula is C15H18N2O. The first-order valence-electron chi connectivity index (χ1n) is 6.16. The van der Waals surface area contributed by atoms with E-state index in [-0.39, 0.29) is 0 Å². The van der Waals surface area contributed by atoms with E-state index in [1.807, 2.05) is 30.7 Å². The first-order chi connectivity index (χ1) is 8.54. The highest BCUT2D eigenvalue weighted by Crippen LogP contribution is 2.19. The largest absolute Gasteiger partial charge is 0.298 e. The second kappa shape index (κ2) is 4.77. The highest BCUT2D eigenvalue weighted by atomic mass is 16.1. The predicted molar refractivity (Wildman–Crippen MR) is 72.5 cm³/mol. The number of hydrogen-bond donors (Lipinski definition) is 0. The van der Waals surface area contributed by atoms with Crippen molar-refractivity contribution in [1.82, 2.24) is 9.78 Å². The van der Waals surface area contributed by atoms with Crippen molar-refractivity contribution in [1.29, 1.82) is 0 Å². The fourth-order valence-corrected chi connectivity index (χ4v) is 2.08. The van der Waals surface area contributed by atoms with Gasteiger partial charge in [0.05, 0.1) is 22.6 Å². The third kappa shape index (κ3) is 2.08. The first-order valence-corrected chi connectivity index (χ1v) is 6.16. The minimum atomic E-state index is 0.519. The summed E-state index contributed by atoms with van der Waals surface area (Å²) in [6, 6.07) is 8.31. The summed E-state index contributed by atoms with van der Waals surface area (Å²) >= 11 is 0. The van der Waals surface area contributed by atoms with Gasteiger partial charge in [-0.25, -0.2) is 4.68 Å². The Morgan fingerprint density at radius 1 is 1.17 bits per heavy atom. The predicted octanol–water partition coefficient (Wildman–Crippen LogP) is 3.43. The average Bonchev–Trinajstić information content (AvgIpc) is 2.64. The summed E-state index contributed by atoms with van der Waals surface area (Å²) in [6.07, 6.45) is 0.872. The van der Waals surface area contributed by atoms with Crippen molar-refractivity contribution in [2.45, 2.75) is 33.6 Å². The number of nitrogens with zero attached hydrogens (tertiary/aromatic N) is 2. The molecule has 0 aliphatic rings. The monoisotopic (exact) mass is 242 g/mol. The second-order valence-electron chi connectivity index (χ2n) is 4.86. The summed E-state index contributed by atoms with van der Waals surface area (Å²) in [6.45, 7) is 8.11. The topological polar surface area (TPSA) is 34.9 Å². The van der Waals surface area contributed by atoms with Crippen molar-refractivity contribution in [2.75, 3.05) is 0 Å². The summed E-state index contributed by atoms with van der Waals surface area (Å²) in [5.74, 6) is 0.519. The lowest BCUT2D eigenvalue weighted by molar-refractivity contribution is 0.112. The normalized spacial score (nSPS) is 10.9. The summed E-state index contributed by atoms with van der Waals surface area (Å²) < 4.78 is 1.82. The zero-order valence-corrected chi connectivity index (χ0v) is 11.3. The summed E-state index contributed by atoms with van der Waals surface area (Å²) in [5, 5.41) is 4.41. The highest BCUT2D eigenvalue weighted by Gasteiger charge is 2.11. The lowest BCUT2D eigenvalue weighted by Gasteiger charge is -2.08. The van der Waals surface area contributed by atoms with Gasteiger partial charge in [0.25, 0.3) is 0 Å². The average molecular weight is 242 g/mol. The fraction of sp³-hybridized carbons (Fsp3) is 0.333. The van der Waals surface area contributed by atoms with Crippen LogP contribution in [0.15, 0.2) is 24.3 Å². The van der Waals surface area contributed by atoms with E-state index in [2.05, 4.69) is 31.1 Å². The van der Waals surface area contributed by atoms with Gasteiger partial charge in [-0.3, -0.25) is 4.79 Å². The maximum atomic E-state index is 11.0. The van der Waals surface area contributed by atoms with Crippen LogP contribution in [0, 0.1) is 13.8 Å². The number of hydrogen-bond acceptors (Lipinski definition) is 2. The highest BCUT2D eigenvalue weighted by molar-refractivity contribution is 5.78. The molecule has 0 amide bonds. The van der Waals surface area contributed by atoms with Crippen LogP contribution in [0.3, 0.4) is 0 Å². The molecule has 0 radical (unpaired) electrons. The third-order valence-corrected chi connectivity index (χ3v) is 3.27. The molecule has 3 nitrogen and oxygen atoms in total. The molecule has 94 valence electrons. The van der Waals surface area contributed by atoms with Crippen molar-refractivity contribution >= 4 is 6.29 Å². The minimum absolute atomic E-state index is 0.519. The van der Waals surface area contributed by atoms with E-state index in [9.17, 15) is 4.79 Å². The molecule has 0 spiro atoms. The van der Waals surface area contributed by atoms with Gasteiger partial charge in [0.2, 0.25) is 0 Å². The van der Waals surface area contributed by atoms with Crippen molar-refractivity contribution in [3.63, 3.8) is 0 Å². The molecule has 0 N–H and O–H groups in total. The molecule has 0 atom stereocenters. The quantitative estimate of drug-likeness (QED) is 0.773. The van der Waals surface area contributed by atoms with Gasteiger partial charge < -0.3 is 0 Å². The molecule has 1 heterocycles. The molecule has 0 saturated carbocycles. The number of carbonyl (C=O) groups excluding carboxylic acids is 1. The standard InChI is InChI=1S/C15H18N2O/c1-10(2)13-5-7-14(8-6-13)17-12(4)15(9-18)11(3)16-17/h5-10H,1-4H3. The molecule has 2 aromatic rings. The van der Waals surface area contributed by atoms with Gasteiger partial charge in [-0.2, -0.15) is 5.10 Å². The van der Waals surface area contributed by atoms with Crippen LogP contribution in [0.5, 0.6) is 0 Å². The molecular weight excluding hydrogens is 224 g/mol. The Bertz CT molecular complexity index is 565. The van der Waals surface area contributed by atoms with Crippen molar-refractivity contribution in [3.05, 3.63) is 46.8 Å². The Kier molecular flexibility index (Phi) is 3.32. The van der Waals surface area contributed by atoms with Gasteiger partial charge in [0, 0.05) is 0 Å². The summed E-state index contributed by atoms with van der Waals surface area (Å²) in [4.78, 5) is 11.0. The van der Waals surface area contributed by atoms with E-state index in [4.69, 9.17) is 0 Å². The van der Waals surface area contributed by atoms with E-state index in [1.165, 1.54) is 5.56 Å². The Hall–Kier alpha value is -1.90. The number of rotatable bonds is 3. The lowest BCUT2D eigenvalue weighted by atomic mass is 10.0. The number of aldehydes is 1. The van der Waals surface area contributed by atoms with Crippen LogP contribution in [0.25, 0.3) is 5.69 Å². The van der Waals surface area contributed by atoms with E-state index in [1.54, 1.807) is 0 Å². The van der Waals surface area contributed by atoms with E-state index < -0.39 is 0 Å². The van der Waals surface area contributed by atoms with Crippen LogP contribution in [0.4, 0.5) is 0 Å². The molecule has 0 unspecified atom stereocenters. The Labute approximate surface area is 107 Å². The lowest BCUT2D eigenvalue weighted by Crippen LogP contribution is -2.00. The first kappa shape index (κ1) is 12.6. The molecule has 1 aromatic heterocycles. The van der Waals surface area contributed by atoms with E-state index in [0.717, 1.165) is 23.4 Å². The van der Waals surface area contributed by atoms with Gasteiger partial charge in [0.1, 0.15) is 0 Å². The van der Waals surface area contributed by atoms with Gasteiger partial charge in [-0.15, -0.1) is 0 Å². The molecule has 0 aliphatic carbocycles. The molecule has 2 rings (SSSR count). The molecule has 0 fully saturated rings. The van der Waals surface area contributed by atoms with Crippen molar-refractivity contribution < 1.29 is 4.79 Å². The van der Waals surface area contributed by atoms with Crippen LogP contribution in [-0.2, 0) is 0 Å². The zero-order valence-electron chi connectivity index (χ0n) is 11.3. The molecule has 0 bridgehead atoms. The second-order valence-corrected chi connectivity index (χ2v) is 4.86. The van der Waals surface area contributed by atoms with Crippen LogP contribution >= 0.6 is 0 Å². The Morgan fingerprint density at radius 2 is 1.78 bits per heavy atom. The number of carbonyl (C=O) groups is 1. The summed E-state index contributed by atoms with van der Waals surface area (Å²) in [7, 11) is 0. The minimum Gasteiger partial charge on any atom is -0.298 e. The van der Waals surface area contributed by atoms with Crippen molar-refractivity contribution in [3.8, 4) is 5.69 Å². The van der Waals surface area contributed by atoms with Gasteiger partial charge in [-0.05, 0) is 37.5 Å². The van der Waals surface area contributed by atoms with Crippen molar-refractivity contribution in [2.24, 2.45) is 0 Å². The Balaban J connectivity index is 2.46. The van der Waals surface area contributed by atoms with Gasteiger partial charge >= 0.3 is 0 Å². The van der Waals surface area contributed by atoms with E-state index >= 15 is 0 Å². The molecule has 1 aromatic carbocycles. The van der Waals surface area contributed by atoms with Gasteiger partial charge in [-0.1, -0.05) is 26.0 Å². The smallest absolute Gasteiger partial charge is 0.153 e. The maximum Gasteiger partial charge on any atom is 0.153 e.